The Morgan fingerprint density at radius 2 is 1.57 bits per heavy atom. The number of carbonyl (C=O) groups excluding carboxylic acids is 4. The number of nitrogens with zero attached hydrogens (tertiary/aromatic N) is 3. The van der Waals surface area contributed by atoms with Crippen molar-refractivity contribution in [3.63, 3.8) is 0 Å². The van der Waals surface area contributed by atoms with Gasteiger partial charge in [-0.05, 0) is 57.5 Å². The van der Waals surface area contributed by atoms with Crippen molar-refractivity contribution in [1.29, 1.82) is 10.8 Å². The second-order valence-corrected chi connectivity index (χ2v) is 16.3. The first kappa shape index (κ1) is 42.2. The topological polar surface area (TPSA) is 201 Å². The molecule has 0 saturated carbocycles. The van der Waals surface area contributed by atoms with Crippen molar-refractivity contribution < 1.29 is 23.9 Å². The van der Waals surface area contributed by atoms with Gasteiger partial charge in [0.15, 0.2) is 5.17 Å². The molecule has 4 amide bonds. The Balaban J connectivity index is 1.04. The molecule has 56 heavy (non-hydrogen) atoms. The largest absolute Gasteiger partial charge is 0.380 e. The second-order valence-electron chi connectivity index (χ2n) is 13.3. The number of halogens is 1. The van der Waals surface area contributed by atoms with Crippen molar-refractivity contribution in [3.05, 3.63) is 80.7 Å². The highest BCUT2D eigenvalue weighted by atomic mass is 35.5. The molecule has 6 N–H and O–H groups in total. The fourth-order valence-corrected chi connectivity index (χ4v) is 8.22. The minimum atomic E-state index is -0.868. The van der Waals surface area contributed by atoms with Crippen molar-refractivity contribution in [2.45, 2.75) is 71.2 Å². The third kappa shape index (κ3) is 10.7. The highest BCUT2D eigenvalue weighted by Crippen LogP contribution is 2.40. The Bertz CT molecular complexity index is 2070. The fraction of sp³-hybridized carbons (Fsp3) is 0.385. The number of hydrogen-bond acceptors (Lipinski definition) is 11. The molecular weight excluding hydrogens is 774 g/mol. The maximum absolute atomic E-state index is 13.1. The quantitative estimate of drug-likeness (QED) is 0.0682. The van der Waals surface area contributed by atoms with Gasteiger partial charge >= 0.3 is 0 Å². The number of fused-ring (bicyclic) bond motifs is 1. The van der Waals surface area contributed by atoms with E-state index in [1.54, 1.807) is 48.2 Å². The van der Waals surface area contributed by atoms with Crippen LogP contribution in [0.2, 0.25) is 5.02 Å². The van der Waals surface area contributed by atoms with E-state index >= 15 is 0 Å². The monoisotopic (exact) mass is 819 g/mol. The highest BCUT2D eigenvalue weighted by molar-refractivity contribution is 8.14. The molecule has 14 nitrogen and oxygen atoms in total. The van der Waals surface area contributed by atoms with E-state index in [0.717, 1.165) is 21.6 Å². The number of thioether (sulfide) groups is 1. The summed E-state index contributed by atoms with van der Waals surface area (Å²) in [4.78, 5) is 63.0. The molecule has 0 saturated heterocycles. The number of benzene rings is 2. The van der Waals surface area contributed by atoms with Gasteiger partial charge < -0.3 is 26.0 Å². The lowest BCUT2D eigenvalue weighted by Gasteiger charge is -2.24. The highest BCUT2D eigenvalue weighted by Gasteiger charge is 2.35. The maximum atomic E-state index is 13.1. The molecule has 1 aromatic heterocycles. The Morgan fingerprint density at radius 1 is 0.911 bits per heavy atom. The minimum Gasteiger partial charge on any atom is -0.380 e. The molecule has 296 valence electrons. The number of carbonyl (C=O) groups is 4. The summed E-state index contributed by atoms with van der Waals surface area (Å²) in [6.45, 7) is 10.1. The average molecular weight is 820 g/mol. The van der Waals surface area contributed by atoms with Gasteiger partial charge in [-0.25, -0.2) is 0 Å². The number of aliphatic imine (C=N–C) groups is 2. The lowest BCUT2D eigenvalue weighted by molar-refractivity contribution is -0.123. The first-order chi connectivity index (χ1) is 26.7. The number of hydrogen-bond donors (Lipinski definition) is 6. The van der Waals surface area contributed by atoms with Gasteiger partial charge in [0.2, 0.25) is 17.7 Å². The molecule has 0 spiro atoms. The van der Waals surface area contributed by atoms with Crippen LogP contribution in [0.25, 0.3) is 0 Å². The van der Waals surface area contributed by atoms with E-state index < -0.39 is 6.04 Å². The van der Waals surface area contributed by atoms with Crippen LogP contribution in [0.1, 0.15) is 72.0 Å². The molecule has 17 heteroatoms. The molecule has 5 rings (SSSR count). The molecule has 2 aliphatic rings. The van der Waals surface area contributed by atoms with Crippen LogP contribution in [0, 0.1) is 24.7 Å². The Labute approximate surface area is 339 Å². The zero-order chi connectivity index (χ0) is 40.5. The summed E-state index contributed by atoms with van der Waals surface area (Å²) in [5.74, 6) is -1.17. The lowest BCUT2D eigenvalue weighted by atomic mass is 9.99. The Morgan fingerprint density at radius 3 is 2.23 bits per heavy atom. The summed E-state index contributed by atoms with van der Waals surface area (Å²) in [6, 6.07) is 13.2. The first-order valence-electron chi connectivity index (χ1n) is 18.2. The van der Waals surface area contributed by atoms with Crippen LogP contribution in [0.15, 0.2) is 58.5 Å². The van der Waals surface area contributed by atoms with Crippen molar-refractivity contribution in [1.82, 2.24) is 16.0 Å². The number of aryl methyl sites for hydroxylation is 1. The number of anilines is 2. The number of amides is 4. The van der Waals surface area contributed by atoms with Crippen LogP contribution >= 0.6 is 34.7 Å². The number of para-hydroxylation sites is 1. The van der Waals surface area contributed by atoms with Crippen LogP contribution in [0.5, 0.6) is 0 Å². The van der Waals surface area contributed by atoms with Crippen molar-refractivity contribution in [2.24, 2.45) is 9.98 Å². The molecule has 3 atom stereocenters. The number of ether oxygens (including phenoxy) is 1. The molecule has 0 bridgehead atoms. The standard InChI is InChI=1S/C39H46ClN9O5S2/c1-21-23(3)55-38-34(21)35(26-10-12-27(40)13-11-26)47-30(36(42)49(38)25(5)41)20-33(52)44-17-16-43-31(50)14-18-54-19-15-32(51)46-29-9-7-6-8-28(29)37(53)48-39-45-22(2)24(4)56-39/h6-13,22,24,30,41-42H,14-20H2,1-5H3,(H,43,50)(H,44,52)(H,46,51)(H,45,48,53)/t22?,24?,30-/m0/s1. The summed E-state index contributed by atoms with van der Waals surface area (Å²) in [5, 5.41) is 30.8. The van der Waals surface area contributed by atoms with E-state index in [0.29, 0.717) is 32.2 Å². The first-order valence-corrected chi connectivity index (χ1v) is 20.2. The zero-order valence-electron chi connectivity index (χ0n) is 31.9. The molecule has 0 fully saturated rings. The van der Waals surface area contributed by atoms with E-state index in [9.17, 15) is 19.2 Å². The number of nitrogens with one attached hydrogen (secondary N) is 6. The molecule has 2 aliphatic heterocycles. The normalized spacial score (nSPS) is 17.6. The average Bonchev–Trinajstić information content (AvgIpc) is 3.58. The van der Waals surface area contributed by atoms with E-state index in [-0.39, 0.29) is 92.2 Å². The van der Waals surface area contributed by atoms with Gasteiger partial charge in [0, 0.05) is 45.8 Å². The van der Waals surface area contributed by atoms with Gasteiger partial charge in [-0.1, -0.05) is 54.6 Å². The Kier molecular flexibility index (Phi) is 14.6. The minimum absolute atomic E-state index is 0.0233. The number of rotatable bonds is 14. The van der Waals surface area contributed by atoms with E-state index in [1.807, 2.05) is 39.8 Å². The molecular formula is C39H46ClN9O5S2. The van der Waals surface area contributed by atoms with Gasteiger partial charge in [0.05, 0.1) is 49.1 Å². The summed E-state index contributed by atoms with van der Waals surface area (Å²) in [5.41, 5.74) is 3.93. The number of thiophene rings is 1. The van der Waals surface area contributed by atoms with E-state index in [2.05, 4.69) is 26.3 Å². The summed E-state index contributed by atoms with van der Waals surface area (Å²) in [7, 11) is 0. The summed E-state index contributed by atoms with van der Waals surface area (Å²) >= 11 is 9.15. The maximum Gasteiger partial charge on any atom is 0.259 e. The number of amidine groups is 3. The van der Waals surface area contributed by atoms with Crippen LogP contribution < -0.4 is 26.2 Å². The van der Waals surface area contributed by atoms with Crippen LogP contribution in [-0.2, 0) is 19.1 Å². The Hall–Kier alpha value is -4.90. The summed E-state index contributed by atoms with van der Waals surface area (Å²) in [6.07, 6.45) is -0.0507. The van der Waals surface area contributed by atoms with Crippen molar-refractivity contribution >= 4 is 91.6 Å². The van der Waals surface area contributed by atoms with Gasteiger partial charge in [-0.15, -0.1) is 11.3 Å². The predicted octanol–water partition coefficient (Wildman–Crippen LogP) is 5.69. The van der Waals surface area contributed by atoms with Crippen LogP contribution in [0.4, 0.5) is 10.7 Å². The molecule has 3 aromatic rings. The molecule has 2 unspecified atom stereocenters. The molecule has 2 aromatic carbocycles. The molecule has 0 radical (unpaired) electrons. The van der Waals surface area contributed by atoms with Crippen LogP contribution in [-0.4, -0.2) is 89.8 Å². The van der Waals surface area contributed by atoms with Gasteiger partial charge in [0.1, 0.15) is 22.7 Å². The molecule has 0 aliphatic carbocycles. The third-order valence-electron chi connectivity index (χ3n) is 9.16. The van der Waals surface area contributed by atoms with Gasteiger partial charge in [-0.3, -0.25) is 44.9 Å². The SMILES string of the molecule is CC(=N)N1C(=N)[C@H](CC(=O)NCCNC(=O)CCOCCC(=O)Nc2ccccc2C(=O)NC2=NC(C)C(C)S2)N=C(c2ccc(Cl)cc2)c2c1sc(C)c2C. The summed E-state index contributed by atoms with van der Waals surface area (Å²) < 4.78 is 5.51. The van der Waals surface area contributed by atoms with Gasteiger partial charge in [0.25, 0.3) is 5.91 Å². The molecule has 3 heterocycles. The fourth-order valence-electron chi connectivity index (χ4n) is 5.88. The van der Waals surface area contributed by atoms with Crippen LogP contribution in [0.3, 0.4) is 0 Å². The smallest absolute Gasteiger partial charge is 0.259 e. The van der Waals surface area contributed by atoms with Crippen molar-refractivity contribution in [3.8, 4) is 0 Å². The van der Waals surface area contributed by atoms with Gasteiger partial charge in [-0.2, -0.15) is 0 Å². The second kappa shape index (κ2) is 19.3. The predicted molar refractivity (Wildman–Crippen MR) is 225 cm³/mol. The third-order valence-corrected chi connectivity index (χ3v) is 11.8. The van der Waals surface area contributed by atoms with Crippen molar-refractivity contribution in [2.75, 3.05) is 36.5 Å². The van der Waals surface area contributed by atoms with E-state index in [1.165, 1.54) is 23.1 Å². The zero-order valence-corrected chi connectivity index (χ0v) is 34.3. The van der Waals surface area contributed by atoms with E-state index in [4.69, 9.17) is 32.1 Å². The lowest BCUT2D eigenvalue weighted by Crippen LogP contribution is -2.43.